The summed E-state index contributed by atoms with van der Waals surface area (Å²) in [6, 6.07) is 14.2. The van der Waals surface area contributed by atoms with Crippen LogP contribution in [-0.4, -0.2) is 7.05 Å². The van der Waals surface area contributed by atoms with E-state index >= 15 is 0 Å². The first-order chi connectivity index (χ1) is 12.0. The van der Waals surface area contributed by atoms with Crippen LogP contribution in [0, 0.1) is 6.92 Å². The molecule has 0 saturated carbocycles. The molecule has 0 unspecified atom stereocenters. The lowest BCUT2D eigenvalue weighted by atomic mass is 10.0. The fourth-order valence-electron chi connectivity index (χ4n) is 2.96. The molecule has 0 aliphatic heterocycles. The lowest BCUT2D eigenvalue weighted by Gasteiger charge is -2.06. The van der Waals surface area contributed by atoms with Crippen molar-refractivity contribution >= 4 is 27.6 Å². The Hall–Kier alpha value is -3.34. The third kappa shape index (κ3) is 2.59. The van der Waals surface area contributed by atoms with Gasteiger partial charge in [-0.05, 0) is 48.4 Å². The standard InChI is InChI=1S/C20H15NO4/c1-11-7-19(22)24-17-6-4-12(8-15(11)17)16-9-13-3-5-14(21-2)10-18(13)25-20(16)23/h3-10,21H,1-2H3. The monoisotopic (exact) mass is 333 g/mol. The number of rotatable bonds is 2. The summed E-state index contributed by atoms with van der Waals surface area (Å²) in [7, 11) is 1.81. The van der Waals surface area contributed by atoms with Crippen molar-refractivity contribution in [2.24, 2.45) is 0 Å². The SMILES string of the molecule is CNc1ccc2cc(-c3ccc4oc(=O)cc(C)c4c3)c(=O)oc2c1. The molecule has 2 aromatic heterocycles. The van der Waals surface area contributed by atoms with Gasteiger partial charge in [-0.2, -0.15) is 0 Å². The third-order valence-electron chi connectivity index (χ3n) is 4.28. The predicted octanol–water partition coefficient (Wildman–Crippen LogP) is 3.92. The predicted molar refractivity (Wildman–Crippen MR) is 98.2 cm³/mol. The van der Waals surface area contributed by atoms with E-state index in [9.17, 15) is 9.59 Å². The number of nitrogens with one attached hydrogen (secondary N) is 1. The zero-order valence-corrected chi connectivity index (χ0v) is 13.8. The van der Waals surface area contributed by atoms with Crippen molar-refractivity contribution in [2.45, 2.75) is 6.92 Å². The maximum atomic E-state index is 12.4. The summed E-state index contributed by atoms with van der Waals surface area (Å²) < 4.78 is 10.7. The highest BCUT2D eigenvalue weighted by Gasteiger charge is 2.11. The minimum atomic E-state index is -0.407. The number of hydrogen-bond acceptors (Lipinski definition) is 5. The lowest BCUT2D eigenvalue weighted by Crippen LogP contribution is -2.03. The van der Waals surface area contributed by atoms with Gasteiger partial charge in [-0.1, -0.05) is 6.07 Å². The van der Waals surface area contributed by atoms with Gasteiger partial charge in [-0.15, -0.1) is 0 Å². The van der Waals surface area contributed by atoms with Crippen molar-refractivity contribution in [3.63, 3.8) is 0 Å². The first kappa shape index (κ1) is 15.2. The summed E-state index contributed by atoms with van der Waals surface area (Å²) in [5.74, 6) is 0. The summed E-state index contributed by atoms with van der Waals surface area (Å²) in [6.45, 7) is 1.84. The smallest absolute Gasteiger partial charge is 0.344 e. The fourth-order valence-corrected chi connectivity index (χ4v) is 2.96. The Bertz CT molecular complexity index is 1230. The molecule has 0 amide bonds. The average molecular weight is 333 g/mol. The average Bonchev–Trinajstić information content (AvgIpc) is 2.60. The van der Waals surface area contributed by atoms with Crippen LogP contribution in [-0.2, 0) is 0 Å². The quantitative estimate of drug-likeness (QED) is 0.563. The van der Waals surface area contributed by atoms with Gasteiger partial charge in [0.1, 0.15) is 11.2 Å². The molecule has 1 N–H and O–H groups in total. The van der Waals surface area contributed by atoms with Crippen LogP contribution in [0.25, 0.3) is 33.1 Å². The molecule has 0 spiro atoms. The molecule has 0 aliphatic carbocycles. The van der Waals surface area contributed by atoms with Gasteiger partial charge >= 0.3 is 11.3 Å². The Morgan fingerprint density at radius 2 is 1.72 bits per heavy atom. The highest BCUT2D eigenvalue weighted by Crippen LogP contribution is 2.27. The van der Waals surface area contributed by atoms with Crippen LogP contribution >= 0.6 is 0 Å². The number of anilines is 1. The molecule has 124 valence electrons. The molecule has 0 fully saturated rings. The topological polar surface area (TPSA) is 72.5 Å². The second kappa shape index (κ2) is 5.63. The molecule has 25 heavy (non-hydrogen) atoms. The number of hydrogen-bond donors (Lipinski definition) is 1. The van der Waals surface area contributed by atoms with Crippen molar-refractivity contribution in [2.75, 3.05) is 12.4 Å². The Balaban J connectivity index is 1.94. The van der Waals surface area contributed by atoms with Crippen LogP contribution in [0.2, 0.25) is 0 Å². The summed E-state index contributed by atoms with van der Waals surface area (Å²) in [6.07, 6.45) is 0. The highest BCUT2D eigenvalue weighted by atomic mass is 16.4. The third-order valence-corrected chi connectivity index (χ3v) is 4.28. The van der Waals surface area contributed by atoms with Gasteiger partial charge in [-0.3, -0.25) is 0 Å². The Morgan fingerprint density at radius 1 is 0.880 bits per heavy atom. The van der Waals surface area contributed by atoms with E-state index < -0.39 is 5.63 Å². The maximum absolute atomic E-state index is 12.4. The van der Waals surface area contributed by atoms with Gasteiger partial charge in [0.05, 0.1) is 5.56 Å². The van der Waals surface area contributed by atoms with E-state index in [2.05, 4.69) is 5.32 Å². The summed E-state index contributed by atoms with van der Waals surface area (Å²) in [4.78, 5) is 23.9. The summed E-state index contributed by atoms with van der Waals surface area (Å²) in [5, 5.41) is 4.65. The molecule has 5 heteroatoms. The van der Waals surface area contributed by atoms with Crippen molar-refractivity contribution in [3.05, 3.63) is 74.9 Å². The number of aryl methyl sites for hydroxylation is 1. The van der Waals surface area contributed by atoms with E-state index in [1.807, 2.05) is 38.2 Å². The Labute approximate surface area is 142 Å². The normalized spacial score (nSPS) is 11.1. The zero-order chi connectivity index (χ0) is 17.6. The van der Waals surface area contributed by atoms with Crippen molar-refractivity contribution < 1.29 is 8.83 Å². The van der Waals surface area contributed by atoms with E-state index in [0.29, 0.717) is 16.7 Å². The lowest BCUT2D eigenvalue weighted by molar-refractivity contribution is 0.559. The summed E-state index contributed by atoms with van der Waals surface area (Å²) in [5.41, 5.74) is 3.10. The molecule has 4 aromatic rings. The molecule has 2 aromatic carbocycles. The van der Waals surface area contributed by atoms with E-state index in [0.717, 1.165) is 27.6 Å². The number of fused-ring (bicyclic) bond motifs is 2. The molecule has 0 radical (unpaired) electrons. The van der Waals surface area contributed by atoms with Crippen molar-refractivity contribution in [1.82, 2.24) is 0 Å². The van der Waals surface area contributed by atoms with Crippen LogP contribution in [0.4, 0.5) is 5.69 Å². The van der Waals surface area contributed by atoms with Gasteiger partial charge in [0, 0.05) is 35.6 Å². The Morgan fingerprint density at radius 3 is 2.52 bits per heavy atom. The molecule has 4 rings (SSSR count). The van der Waals surface area contributed by atoms with Gasteiger partial charge < -0.3 is 14.2 Å². The van der Waals surface area contributed by atoms with Crippen LogP contribution in [0.5, 0.6) is 0 Å². The second-order valence-electron chi connectivity index (χ2n) is 5.91. The first-order valence-corrected chi connectivity index (χ1v) is 7.86. The molecular weight excluding hydrogens is 318 g/mol. The van der Waals surface area contributed by atoms with Crippen LogP contribution in [0.3, 0.4) is 0 Å². The van der Waals surface area contributed by atoms with Crippen LogP contribution < -0.4 is 16.6 Å². The maximum Gasteiger partial charge on any atom is 0.344 e. The van der Waals surface area contributed by atoms with Gasteiger partial charge in [0.25, 0.3) is 0 Å². The van der Waals surface area contributed by atoms with Gasteiger partial charge in [0.15, 0.2) is 0 Å². The highest BCUT2D eigenvalue weighted by molar-refractivity contribution is 5.88. The van der Waals surface area contributed by atoms with Gasteiger partial charge in [0.2, 0.25) is 0 Å². The van der Waals surface area contributed by atoms with Crippen molar-refractivity contribution in [3.8, 4) is 11.1 Å². The van der Waals surface area contributed by atoms with Crippen LogP contribution in [0.1, 0.15) is 5.56 Å². The minimum Gasteiger partial charge on any atom is -0.423 e. The molecule has 0 aliphatic rings. The molecule has 5 nitrogen and oxygen atoms in total. The fraction of sp³-hybridized carbons (Fsp3) is 0.100. The largest absolute Gasteiger partial charge is 0.423 e. The molecule has 0 bridgehead atoms. The zero-order valence-electron chi connectivity index (χ0n) is 13.8. The van der Waals surface area contributed by atoms with Gasteiger partial charge in [-0.25, -0.2) is 9.59 Å². The van der Waals surface area contributed by atoms with Crippen molar-refractivity contribution in [1.29, 1.82) is 0 Å². The van der Waals surface area contributed by atoms with Crippen LogP contribution in [0.15, 0.2) is 67.0 Å². The summed E-state index contributed by atoms with van der Waals surface area (Å²) >= 11 is 0. The molecular formula is C20H15NO4. The molecule has 2 heterocycles. The molecule has 0 atom stereocenters. The molecule has 0 saturated heterocycles. The van der Waals surface area contributed by atoms with E-state index in [1.54, 1.807) is 18.2 Å². The first-order valence-electron chi connectivity index (χ1n) is 7.86. The second-order valence-corrected chi connectivity index (χ2v) is 5.91. The minimum absolute atomic E-state index is 0.386. The van der Waals surface area contributed by atoms with E-state index in [4.69, 9.17) is 8.83 Å². The van der Waals surface area contributed by atoms with E-state index in [1.165, 1.54) is 6.07 Å². The number of benzene rings is 2. The Kier molecular flexibility index (Phi) is 3.42. The van der Waals surface area contributed by atoms with E-state index in [-0.39, 0.29) is 5.63 Å².